The zero-order valence-corrected chi connectivity index (χ0v) is 17.4. The fraction of sp³-hybridized carbons (Fsp3) is 0.545. The summed E-state index contributed by atoms with van der Waals surface area (Å²) in [6.45, 7) is 6.17. The van der Waals surface area contributed by atoms with Crippen molar-refractivity contribution in [3.05, 3.63) is 28.8 Å². The lowest BCUT2D eigenvalue weighted by Crippen LogP contribution is -2.53. The molecule has 3 heterocycles. The molecule has 1 aromatic carbocycles. The van der Waals surface area contributed by atoms with Gasteiger partial charge >= 0.3 is 5.97 Å². The molecule has 4 unspecified atom stereocenters. The van der Waals surface area contributed by atoms with Crippen molar-refractivity contribution in [1.82, 2.24) is 10.2 Å². The maximum Gasteiger partial charge on any atom is 0.303 e. The van der Waals surface area contributed by atoms with Gasteiger partial charge in [-0.3, -0.25) is 29.4 Å². The zero-order valence-electron chi connectivity index (χ0n) is 17.4. The van der Waals surface area contributed by atoms with Crippen molar-refractivity contribution in [2.75, 3.05) is 11.9 Å². The maximum atomic E-state index is 13.4. The van der Waals surface area contributed by atoms with Crippen molar-refractivity contribution in [2.45, 2.75) is 58.0 Å². The van der Waals surface area contributed by atoms with Crippen molar-refractivity contribution in [1.29, 1.82) is 0 Å². The third kappa shape index (κ3) is 2.70. The van der Waals surface area contributed by atoms with Gasteiger partial charge in [0.25, 0.3) is 0 Å². The molecule has 0 radical (unpaired) electrons. The number of hydrogen-bond donors (Lipinski definition) is 3. The second kappa shape index (κ2) is 7.19. The highest BCUT2D eigenvalue weighted by Crippen LogP contribution is 2.54. The fourth-order valence-electron chi connectivity index (χ4n) is 5.24. The number of aliphatic carboxylic acids is 1. The molecule has 160 valence electrons. The smallest absolute Gasteiger partial charge is 0.303 e. The number of carboxylic acids is 1. The van der Waals surface area contributed by atoms with E-state index in [0.717, 1.165) is 17.5 Å². The molecule has 3 N–H and O–H groups in total. The van der Waals surface area contributed by atoms with Crippen LogP contribution in [0.4, 0.5) is 5.69 Å². The second-order valence-electron chi connectivity index (χ2n) is 8.56. The number of fused-ring (bicyclic) bond motifs is 4. The van der Waals surface area contributed by atoms with Crippen LogP contribution >= 0.6 is 0 Å². The molecule has 0 bridgehead atoms. The molecule has 2 saturated heterocycles. The van der Waals surface area contributed by atoms with Crippen LogP contribution in [-0.4, -0.2) is 46.3 Å². The van der Waals surface area contributed by atoms with E-state index < -0.39 is 29.4 Å². The molecule has 0 aromatic heterocycles. The van der Waals surface area contributed by atoms with Crippen LogP contribution in [0, 0.1) is 25.7 Å². The summed E-state index contributed by atoms with van der Waals surface area (Å²) in [6.07, 6.45) is 1.55. The van der Waals surface area contributed by atoms with E-state index in [-0.39, 0.29) is 30.6 Å². The summed E-state index contributed by atoms with van der Waals surface area (Å²) in [4.78, 5) is 52.5. The number of carboxylic acid groups (broad SMARTS) is 1. The summed E-state index contributed by atoms with van der Waals surface area (Å²) >= 11 is 0. The Hall–Kier alpha value is -2.74. The number of nitrogens with zero attached hydrogens (tertiary/aromatic N) is 1. The normalized spacial score (nSPS) is 29.5. The Morgan fingerprint density at radius 3 is 2.60 bits per heavy atom. The summed E-state index contributed by atoms with van der Waals surface area (Å²) in [5.41, 5.74) is 1.93. The number of amides is 3. The number of unbranched alkanes of at least 4 members (excludes halogenated alkanes) is 1. The fourth-order valence-corrected chi connectivity index (χ4v) is 5.24. The third-order valence-corrected chi connectivity index (χ3v) is 6.92. The van der Waals surface area contributed by atoms with Gasteiger partial charge in [-0.15, -0.1) is 0 Å². The van der Waals surface area contributed by atoms with Gasteiger partial charge in [0, 0.05) is 30.3 Å². The summed E-state index contributed by atoms with van der Waals surface area (Å²) in [5.74, 6) is -3.58. The number of imide groups is 1. The summed E-state index contributed by atoms with van der Waals surface area (Å²) < 4.78 is 0. The van der Waals surface area contributed by atoms with Crippen LogP contribution < -0.4 is 10.6 Å². The monoisotopic (exact) mass is 413 g/mol. The van der Waals surface area contributed by atoms with Crippen molar-refractivity contribution >= 4 is 29.4 Å². The lowest BCUT2D eigenvalue weighted by atomic mass is 9.76. The molecule has 0 saturated carbocycles. The zero-order chi connectivity index (χ0) is 21.8. The number of nitrogens with one attached hydrogen (secondary N) is 2. The molecule has 3 aliphatic rings. The highest BCUT2D eigenvalue weighted by molar-refractivity contribution is 6.15. The summed E-state index contributed by atoms with van der Waals surface area (Å²) in [5, 5.41) is 15.4. The number of rotatable bonds is 6. The molecule has 0 aliphatic carbocycles. The predicted molar refractivity (Wildman–Crippen MR) is 109 cm³/mol. The van der Waals surface area contributed by atoms with Crippen LogP contribution in [0.5, 0.6) is 0 Å². The van der Waals surface area contributed by atoms with Gasteiger partial charge in [0.2, 0.25) is 17.7 Å². The minimum absolute atomic E-state index is 0.144. The van der Waals surface area contributed by atoms with Crippen LogP contribution in [0.2, 0.25) is 0 Å². The van der Waals surface area contributed by atoms with Gasteiger partial charge in [-0.05, 0) is 37.8 Å². The van der Waals surface area contributed by atoms with Crippen molar-refractivity contribution < 1.29 is 24.3 Å². The minimum Gasteiger partial charge on any atom is -0.481 e. The van der Waals surface area contributed by atoms with Crippen molar-refractivity contribution in [3.8, 4) is 0 Å². The average molecular weight is 413 g/mol. The Morgan fingerprint density at radius 2 is 1.93 bits per heavy atom. The van der Waals surface area contributed by atoms with Gasteiger partial charge in [-0.2, -0.15) is 0 Å². The third-order valence-electron chi connectivity index (χ3n) is 6.92. The van der Waals surface area contributed by atoms with E-state index in [2.05, 4.69) is 10.6 Å². The van der Waals surface area contributed by atoms with Crippen molar-refractivity contribution in [2.24, 2.45) is 11.8 Å². The number of likely N-dealkylation sites (tertiary alicyclic amines) is 1. The molecule has 2 fully saturated rings. The van der Waals surface area contributed by atoms with Crippen LogP contribution in [0.1, 0.15) is 49.3 Å². The SMILES string of the molecule is CCCCN1C(=O)C2C(CCC(=O)O)NC3(C(=O)Nc4c3ccc(C)c4C)C2C1=O. The Balaban J connectivity index is 1.83. The number of anilines is 1. The topological polar surface area (TPSA) is 116 Å². The van der Waals surface area contributed by atoms with E-state index in [1.54, 1.807) is 0 Å². The van der Waals surface area contributed by atoms with E-state index in [0.29, 0.717) is 24.2 Å². The Labute approximate surface area is 175 Å². The van der Waals surface area contributed by atoms with E-state index in [1.807, 2.05) is 32.9 Å². The molecule has 1 spiro atoms. The van der Waals surface area contributed by atoms with Gasteiger partial charge in [-0.1, -0.05) is 25.5 Å². The van der Waals surface area contributed by atoms with E-state index in [4.69, 9.17) is 5.11 Å². The van der Waals surface area contributed by atoms with Gasteiger partial charge < -0.3 is 10.4 Å². The lowest BCUT2D eigenvalue weighted by molar-refractivity contribution is -0.143. The maximum absolute atomic E-state index is 13.4. The summed E-state index contributed by atoms with van der Waals surface area (Å²) in [6, 6.07) is 3.19. The highest BCUT2D eigenvalue weighted by Gasteiger charge is 2.70. The Kier molecular flexibility index (Phi) is 4.92. The minimum atomic E-state index is -1.35. The molecule has 3 aliphatic heterocycles. The van der Waals surface area contributed by atoms with Crippen LogP contribution in [0.15, 0.2) is 12.1 Å². The molecule has 8 nitrogen and oxygen atoms in total. The quantitative estimate of drug-likeness (QED) is 0.611. The molecular formula is C22H27N3O5. The van der Waals surface area contributed by atoms with Crippen LogP contribution in [-0.2, 0) is 24.7 Å². The lowest BCUT2D eigenvalue weighted by Gasteiger charge is -2.29. The molecule has 3 amide bonds. The van der Waals surface area contributed by atoms with E-state index in [9.17, 15) is 19.2 Å². The molecule has 30 heavy (non-hydrogen) atoms. The second-order valence-corrected chi connectivity index (χ2v) is 8.56. The summed E-state index contributed by atoms with van der Waals surface area (Å²) in [7, 11) is 0. The standard InChI is InChI=1S/C22H27N3O5/c1-4-5-10-25-19(28)16-14(8-9-15(26)27)24-22(17(16)20(25)29)13-7-6-11(2)12(3)18(13)23-21(22)30/h6-7,14,16-17,24H,4-5,8-10H2,1-3H3,(H,23,30)(H,26,27). The predicted octanol–water partition coefficient (Wildman–Crippen LogP) is 1.69. The average Bonchev–Trinajstić information content (AvgIpc) is 3.27. The van der Waals surface area contributed by atoms with Gasteiger partial charge in [-0.25, -0.2) is 0 Å². The number of hydrogen-bond acceptors (Lipinski definition) is 5. The highest BCUT2D eigenvalue weighted by atomic mass is 16.4. The first-order valence-corrected chi connectivity index (χ1v) is 10.5. The Bertz CT molecular complexity index is 958. The number of benzene rings is 1. The molecule has 4 rings (SSSR count). The van der Waals surface area contributed by atoms with E-state index >= 15 is 0 Å². The number of carbonyl (C=O) groups is 4. The molecule has 4 atom stereocenters. The molecule has 8 heteroatoms. The van der Waals surface area contributed by atoms with Crippen LogP contribution in [0.25, 0.3) is 0 Å². The van der Waals surface area contributed by atoms with Gasteiger partial charge in [0.05, 0.1) is 11.8 Å². The van der Waals surface area contributed by atoms with Crippen molar-refractivity contribution in [3.63, 3.8) is 0 Å². The molecule has 1 aromatic rings. The first-order chi connectivity index (χ1) is 14.2. The number of carbonyl (C=O) groups excluding carboxylic acids is 3. The first kappa shape index (κ1) is 20.5. The first-order valence-electron chi connectivity index (χ1n) is 10.5. The van der Waals surface area contributed by atoms with E-state index in [1.165, 1.54) is 4.90 Å². The van der Waals surface area contributed by atoms with Gasteiger partial charge in [0.15, 0.2) is 0 Å². The van der Waals surface area contributed by atoms with Gasteiger partial charge in [0.1, 0.15) is 5.54 Å². The number of aryl methyl sites for hydroxylation is 1. The largest absolute Gasteiger partial charge is 0.481 e. The Morgan fingerprint density at radius 1 is 1.20 bits per heavy atom. The van der Waals surface area contributed by atoms with Crippen LogP contribution in [0.3, 0.4) is 0 Å². The molecular weight excluding hydrogens is 386 g/mol.